The molecule has 0 saturated heterocycles. The van der Waals surface area contributed by atoms with Crippen LogP contribution in [0.25, 0.3) is 0 Å². The van der Waals surface area contributed by atoms with E-state index < -0.39 is 0 Å². The molecule has 0 bridgehead atoms. The summed E-state index contributed by atoms with van der Waals surface area (Å²) in [6, 6.07) is 8.43. The van der Waals surface area contributed by atoms with Crippen LogP contribution in [0.3, 0.4) is 0 Å². The zero-order valence-corrected chi connectivity index (χ0v) is 13.4. The lowest BCUT2D eigenvalue weighted by molar-refractivity contribution is -0.0687. The maximum atomic E-state index is 6.18. The second-order valence-corrected chi connectivity index (χ2v) is 6.21. The first-order chi connectivity index (χ1) is 9.72. The summed E-state index contributed by atoms with van der Waals surface area (Å²) in [7, 11) is 1.86. The van der Waals surface area contributed by atoms with Crippen LogP contribution in [0.4, 0.5) is 0 Å². The van der Waals surface area contributed by atoms with Crippen LogP contribution in [-0.2, 0) is 4.74 Å². The summed E-state index contributed by atoms with van der Waals surface area (Å²) < 4.78 is 6.03. The third kappa shape index (κ3) is 3.55. The van der Waals surface area contributed by atoms with Gasteiger partial charge in [-0.15, -0.1) is 0 Å². The van der Waals surface area contributed by atoms with Crippen molar-refractivity contribution in [3.8, 4) is 0 Å². The van der Waals surface area contributed by atoms with E-state index in [2.05, 4.69) is 24.4 Å². The Morgan fingerprint density at radius 3 is 2.65 bits per heavy atom. The monoisotopic (exact) mass is 295 g/mol. The number of halogens is 1. The van der Waals surface area contributed by atoms with E-state index in [4.69, 9.17) is 16.3 Å². The Balaban J connectivity index is 2.29. The van der Waals surface area contributed by atoms with Crippen molar-refractivity contribution in [3.63, 3.8) is 0 Å². The van der Waals surface area contributed by atoms with Crippen LogP contribution >= 0.6 is 11.6 Å². The average molecular weight is 296 g/mol. The van der Waals surface area contributed by atoms with Crippen LogP contribution in [0, 0.1) is 0 Å². The number of hydrogen-bond acceptors (Lipinski definition) is 2. The molecule has 20 heavy (non-hydrogen) atoms. The minimum atomic E-state index is -0.0852. The van der Waals surface area contributed by atoms with Crippen molar-refractivity contribution in [1.82, 2.24) is 5.32 Å². The van der Waals surface area contributed by atoms with E-state index in [1.54, 1.807) is 0 Å². The van der Waals surface area contributed by atoms with Crippen LogP contribution in [-0.4, -0.2) is 19.3 Å². The normalized spacial score (nSPS) is 19.8. The van der Waals surface area contributed by atoms with Crippen LogP contribution in [0.2, 0.25) is 5.02 Å². The fourth-order valence-electron chi connectivity index (χ4n) is 3.34. The number of ether oxygens (including phenoxy) is 1. The first kappa shape index (κ1) is 15.8. The summed E-state index contributed by atoms with van der Waals surface area (Å²) >= 11 is 6.18. The number of rotatable bonds is 6. The van der Waals surface area contributed by atoms with Crippen LogP contribution in [0.5, 0.6) is 0 Å². The molecule has 0 heterocycles. The van der Waals surface area contributed by atoms with Gasteiger partial charge >= 0.3 is 0 Å². The summed E-state index contributed by atoms with van der Waals surface area (Å²) in [5, 5.41) is 4.49. The van der Waals surface area contributed by atoms with Gasteiger partial charge in [0, 0.05) is 12.1 Å². The average Bonchev–Trinajstić information content (AvgIpc) is 2.48. The molecule has 0 spiro atoms. The Bertz CT molecular complexity index is 415. The number of hydrogen-bond donors (Lipinski definition) is 1. The Kier molecular flexibility index (Phi) is 5.88. The molecule has 1 aromatic carbocycles. The molecule has 1 aliphatic carbocycles. The smallest absolute Gasteiger partial charge is 0.0872 e. The van der Waals surface area contributed by atoms with Crippen molar-refractivity contribution in [2.75, 3.05) is 13.7 Å². The molecule has 0 aliphatic heterocycles. The van der Waals surface area contributed by atoms with Gasteiger partial charge in [-0.2, -0.15) is 0 Å². The molecule has 0 amide bonds. The largest absolute Gasteiger partial charge is 0.376 e. The van der Waals surface area contributed by atoms with Crippen molar-refractivity contribution in [2.45, 2.75) is 57.1 Å². The fraction of sp³-hybridized carbons (Fsp3) is 0.647. The molecule has 1 aromatic rings. The van der Waals surface area contributed by atoms with E-state index in [1.165, 1.54) is 24.8 Å². The molecule has 1 fully saturated rings. The maximum Gasteiger partial charge on any atom is 0.0872 e. The van der Waals surface area contributed by atoms with Gasteiger partial charge in [0.1, 0.15) is 0 Å². The zero-order valence-electron chi connectivity index (χ0n) is 12.6. The summed E-state index contributed by atoms with van der Waals surface area (Å²) in [5.41, 5.74) is 1.16. The quantitative estimate of drug-likeness (QED) is 0.819. The van der Waals surface area contributed by atoms with E-state index in [9.17, 15) is 0 Å². The first-order valence-corrected chi connectivity index (χ1v) is 8.13. The van der Waals surface area contributed by atoms with Gasteiger partial charge in [0.2, 0.25) is 0 Å². The predicted octanol–water partition coefficient (Wildman–Crippen LogP) is 4.73. The molecular formula is C17H26ClNO. The number of methoxy groups -OCH3 is 1. The molecule has 1 unspecified atom stereocenters. The zero-order chi connectivity index (χ0) is 14.4. The lowest BCUT2D eigenvalue weighted by Gasteiger charge is -2.43. The highest BCUT2D eigenvalue weighted by molar-refractivity contribution is 6.30. The highest BCUT2D eigenvalue weighted by Crippen LogP contribution is 2.41. The SMILES string of the molecule is CCCNC(c1cccc(Cl)c1)C1(OC)CCCCC1. The minimum Gasteiger partial charge on any atom is -0.376 e. The molecule has 1 atom stereocenters. The maximum absolute atomic E-state index is 6.18. The molecule has 112 valence electrons. The van der Waals surface area contributed by atoms with Gasteiger partial charge in [0.25, 0.3) is 0 Å². The lowest BCUT2D eigenvalue weighted by Crippen LogP contribution is -2.47. The second-order valence-electron chi connectivity index (χ2n) is 5.77. The third-order valence-corrected chi connectivity index (χ3v) is 4.65. The van der Waals surface area contributed by atoms with E-state index in [0.29, 0.717) is 0 Å². The third-order valence-electron chi connectivity index (χ3n) is 4.41. The van der Waals surface area contributed by atoms with E-state index in [1.807, 2.05) is 19.2 Å². The Labute approximate surface area is 127 Å². The summed E-state index contributed by atoms with van der Waals surface area (Å²) in [5.74, 6) is 0. The predicted molar refractivity (Wildman–Crippen MR) is 85.3 cm³/mol. The standard InChI is InChI=1S/C17H26ClNO/c1-3-12-19-16(14-8-7-9-15(18)13-14)17(20-2)10-5-4-6-11-17/h7-9,13,16,19H,3-6,10-12H2,1-2H3. The van der Waals surface area contributed by atoms with E-state index >= 15 is 0 Å². The van der Waals surface area contributed by atoms with Gasteiger partial charge in [-0.1, -0.05) is 49.9 Å². The molecule has 1 aliphatic rings. The van der Waals surface area contributed by atoms with E-state index in [0.717, 1.165) is 30.8 Å². The van der Waals surface area contributed by atoms with Crippen molar-refractivity contribution in [3.05, 3.63) is 34.9 Å². The molecule has 0 aromatic heterocycles. The molecule has 3 heteroatoms. The Morgan fingerprint density at radius 2 is 2.05 bits per heavy atom. The molecule has 1 saturated carbocycles. The van der Waals surface area contributed by atoms with Gasteiger partial charge in [-0.25, -0.2) is 0 Å². The summed E-state index contributed by atoms with van der Waals surface area (Å²) in [4.78, 5) is 0. The topological polar surface area (TPSA) is 21.3 Å². The second kappa shape index (κ2) is 7.44. The summed E-state index contributed by atoms with van der Waals surface area (Å²) in [6.07, 6.45) is 7.18. The molecule has 0 radical (unpaired) electrons. The molecule has 2 nitrogen and oxygen atoms in total. The van der Waals surface area contributed by atoms with Crippen molar-refractivity contribution in [2.24, 2.45) is 0 Å². The lowest BCUT2D eigenvalue weighted by atomic mass is 9.76. The van der Waals surface area contributed by atoms with Crippen LogP contribution < -0.4 is 5.32 Å². The highest BCUT2D eigenvalue weighted by Gasteiger charge is 2.40. The molecule has 2 rings (SSSR count). The highest BCUT2D eigenvalue weighted by atomic mass is 35.5. The van der Waals surface area contributed by atoms with Crippen LogP contribution in [0.1, 0.15) is 57.1 Å². The van der Waals surface area contributed by atoms with Gasteiger partial charge in [0.15, 0.2) is 0 Å². The van der Waals surface area contributed by atoms with Crippen molar-refractivity contribution in [1.29, 1.82) is 0 Å². The molecular weight excluding hydrogens is 270 g/mol. The van der Waals surface area contributed by atoms with Crippen LogP contribution in [0.15, 0.2) is 24.3 Å². The van der Waals surface area contributed by atoms with Crippen molar-refractivity contribution >= 4 is 11.6 Å². The van der Waals surface area contributed by atoms with Gasteiger partial charge in [-0.05, 0) is 43.5 Å². The fourth-order valence-corrected chi connectivity index (χ4v) is 3.54. The first-order valence-electron chi connectivity index (χ1n) is 7.76. The Morgan fingerprint density at radius 1 is 1.30 bits per heavy atom. The Hall–Kier alpha value is -0.570. The minimum absolute atomic E-state index is 0.0852. The summed E-state index contributed by atoms with van der Waals surface area (Å²) in [6.45, 7) is 3.20. The van der Waals surface area contributed by atoms with E-state index in [-0.39, 0.29) is 11.6 Å². The van der Waals surface area contributed by atoms with Crippen molar-refractivity contribution < 1.29 is 4.74 Å². The number of benzene rings is 1. The van der Waals surface area contributed by atoms with Gasteiger partial charge in [-0.3, -0.25) is 0 Å². The molecule has 1 N–H and O–H groups in total. The number of nitrogens with one attached hydrogen (secondary N) is 1. The van der Waals surface area contributed by atoms with Gasteiger partial charge < -0.3 is 10.1 Å². The van der Waals surface area contributed by atoms with Gasteiger partial charge in [0.05, 0.1) is 11.6 Å².